The second-order valence-electron chi connectivity index (χ2n) is 5.74. The molecule has 0 bridgehead atoms. The predicted octanol–water partition coefficient (Wildman–Crippen LogP) is 2.09. The van der Waals surface area contributed by atoms with Gasteiger partial charge in [0.25, 0.3) is 0 Å². The number of hydrogen-bond acceptors (Lipinski definition) is 2. The molecule has 3 nitrogen and oxygen atoms in total. The van der Waals surface area contributed by atoms with Crippen molar-refractivity contribution in [3.63, 3.8) is 0 Å². The number of nitrogens with zero attached hydrogens (tertiary/aromatic N) is 1. The lowest BCUT2D eigenvalue weighted by atomic mass is 9.85. The van der Waals surface area contributed by atoms with E-state index in [9.17, 15) is 4.79 Å². The molecule has 2 rings (SSSR count). The van der Waals surface area contributed by atoms with E-state index in [-0.39, 0.29) is 5.41 Å². The van der Waals surface area contributed by atoms with Gasteiger partial charge in [0.15, 0.2) is 0 Å². The van der Waals surface area contributed by atoms with Crippen LogP contribution in [0.1, 0.15) is 45.4 Å². The van der Waals surface area contributed by atoms with Gasteiger partial charge >= 0.3 is 0 Å². The predicted molar refractivity (Wildman–Crippen MR) is 72.7 cm³/mol. The number of hydrogen-bond donors (Lipinski definition) is 1. The van der Waals surface area contributed by atoms with Crippen LogP contribution < -0.4 is 5.73 Å². The Labute approximate surface area is 109 Å². The summed E-state index contributed by atoms with van der Waals surface area (Å²) in [6, 6.07) is 0. The van der Waals surface area contributed by atoms with Crippen LogP contribution in [0.3, 0.4) is 0 Å². The summed E-state index contributed by atoms with van der Waals surface area (Å²) in [5, 5.41) is 0. The molecular formula is C13H22N2OS. The quantitative estimate of drug-likeness (QED) is 0.768. The van der Waals surface area contributed by atoms with Crippen molar-refractivity contribution in [3.8, 4) is 0 Å². The molecule has 1 amide bonds. The molecular weight excluding hydrogens is 232 g/mol. The molecule has 0 spiro atoms. The average Bonchev–Trinajstić information content (AvgIpc) is 2.76. The van der Waals surface area contributed by atoms with Gasteiger partial charge in [-0.25, -0.2) is 0 Å². The summed E-state index contributed by atoms with van der Waals surface area (Å²) in [7, 11) is 0. The summed E-state index contributed by atoms with van der Waals surface area (Å²) in [6.07, 6.45) is 6.40. The first-order valence-electron chi connectivity index (χ1n) is 6.62. The van der Waals surface area contributed by atoms with Gasteiger partial charge in [-0.3, -0.25) is 4.79 Å². The Kier molecular flexibility index (Phi) is 3.71. The molecule has 4 heteroatoms. The first kappa shape index (κ1) is 12.8. The van der Waals surface area contributed by atoms with Gasteiger partial charge in [0.2, 0.25) is 5.91 Å². The highest BCUT2D eigenvalue weighted by Gasteiger charge is 2.40. The number of likely N-dealkylation sites (tertiary alicyclic amines) is 1. The molecule has 1 aliphatic heterocycles. The summed E-state index contributed by atoms with van der Waals surface area (Å²) in [4.78, 5) is 15.1. The number of rotatable bonds is 2. The molecule has 1 saturated carbocycles. The van der Waals surface area contributed by atoms with Gasteiger partial charge in [-0.15, -0.1) is 0 Å². The van der Waals surface area contributed by atoms with E-state index < -0.39 is 0 Å². The van der Waals surface area contributed by atoms with Crippen LogP contribution in [0, 0.1) is 11.3 Å². The topological polar surface area (TPSA) is 46.3 Å². The average molecular weight is 254 g/mol. The number of carbonyl (C=O) groups excluding carboxylic acids is 1. The van der Waals surface area contributed by atoms with Crippen molar-refractivity contribution in [1.82, 2.24) is 4.90 Å². The van der Waals surface area contributed by atoms with E-state index in [1.807, 2.05) is 4.90 Å². The SMILES string of the molecule is CC1(C(=O)N2CCC(C(N)=S)CC2)CCCC1. The van der Waals surface area contributed by atoms with E-state index >= 15 is 0 Å². The van der Waals surface area contributed by atoms with Crippen LogP contribution >= 0.6 is 12.2 Å². The van der Waals surface area contributed by atoms with E-state index in [2.05, 4.69) is 6.92 Å². The fourth-order valence-electron chi connectivity index (χ4n) is 3.12. The highest BCUT2D eigenvalue weighted by atomic mass is 32.1. The van der Waals surface area contributed by atoms with Crippen LogP contribution in [0.2, 0.25) is 0 Å². The molecule has 96 valence electrons. The van der Waals surface area contributed by atoms with Gasteiger partial charge in [0.05, 0.1) is 4.99 Å². The van der Waals surface area contributed by atoms with Gasteiger partial charge in [-0.05, 0) is 25.7 Å². The third-order valence-electron chi connectivity index (χ3n) is 4.41. The van der Waals surface area contributed by atoms with Gasteiger partial charge < -0.3 is 10.6 Å². The van der Waals surface area contributed by atoms with Crippen molar-refractivity contribution in [3.05, 3.63) is 0 Å². The molecule has 1 aliphatic carbocycles. The standard InChI is InChI=1S/C13H22N2OS/c1-13(6-2-3-7-13)12(16)15-8-4-10(5-9-15)11(14)17/h10H,2-9H2,1H3,(H2,14,17). The molecule has 2 fully saturated rings. The van der Waals surface area contributed by atoms with Crippen molar-refractivity contribution in [1.29, 1.82) is 0 Å². The normalized spacial score (nSPS) is 24.9. The second kappa shape index (κ2) is 4.92. The molecule has 2 aliphatic rings. The second-order valence-corrected chi connectivity index (χ2v) is 6.21. The Morgan fingerprint density at radius 3 is 2.29 bits per heavy atom. The molecule has 0 aromatic heterocycles. The lowest BCUT2D eigenvalue weighted by Crippen LogP contribution is -2.46. The number of thiocarbonyl (C=S) groups is 1. The molecule has 1 heterocycles. The van der Waals surface area contributed by atoms with Gasteiger partial charge in [0.1, 0.15) is 0 Å². The maximum Gasteiger partial charge on any atom is 0.228 e. The van der Waals surface area contributed by atoms with Crippen molar-refractivity contribution >= 4 is 23.1 Å². The van der Waals surface area contributed by atoms with E-state index in [1.165, 1.54) is 12.8 Å². The van der Waals surface area contributed by atoms with E-state index in [4.69, 9.17) is 18.0 Å². The fourth-order valence-corrected chi connectivity index (χ4v) is 3.35. The highest BCUT2D eigenvalue weighted by Crippen LogP contribution is 2.39. The van der Waals surface area contributed by atoms with Crippen LogP contribution in [0.4, 0.5) is 0 Å². The maximum atomic E-state index is 12.5. The summed E-state index contributed by atoms with van der Waals surface area (Å²) in [5.41, 5.74) is 5.58. The van der Waals surface area contributed by atoms with Crippen molar-refractivity contribution < 1.29 is 4.79 Å². The van der Waals surface area contributed by atoms with Crippen LogP contribution in [0.5, 0.6) is 0 Å². The molecule has 0 aromatic rings. The van der Waals surface area contributed by atoms with Crippen molar-refractivity contribution in [2.24, 2.45) is 17.1 Å². The highest BCUT2D eigenvalue weighted by molar-refractivity contribution is 7.80. The first-order valence-corrected chi connectivity index (χ1v) is 7.02. The van der Waals surface area contributed by atoms with Crippen LogP contribution in [0.25, 0.3) is 0 Å². The largest absolute Gasteiger partial charge is 0.393 e. The Morgan fingerprint density at radius 1 is 1.29 bits per heavy atom. The lowest BCUT2D eigenvalue weighted by molar-refractivity contribution is -0.142. The Bertz CT molecular complexity index is 315. The van der Waals surface area contributed by atoms with Gasteiger partial charge in [0, 0.05) is 24.4 Å². The minimum atomic E-state index is -0.0872. The number of piperidine rings is 1. The zero-order chi connectivity index (χ0) is 12.5. The monoisotopic (exact) mass is 254 g/mol. The minimum absolute atomic E-state index is 0.0872. The fraction of sp³-hybridized carbons (Fsp3) is 0.846. The minimum Gasteiger partial charge on any atom is -0.393 e. The van der Waals surface area contributed by atoms with Crippen LogP contribution in [-0.4, -0.2) is 28.9 Å². The number of amides is 1. The summed E-state index contributed by atoms with van der Waals surface area (Å²) < 4.78 is 0. The number of nitrogens with two attached hydrogens (primary N) is 1. The third kappa shape index (κ3) is 2.62. The number of carbonyl (C=O) groups is 1. The zero-order valence-corrected chi connectivity index (χ0v) is 11.4. The zero-order valence-electron chi connectivity index (χ0n) is 10.6. The molecule has 0 atom stereocenters. The third-order valence-corrected chi connectivity index (χ3v) is 4.74. The molecule has 2 N–H and O–H groups in total. The van der Waals surface area contributed by atoms with E-state index in [0.29, 0.717) is 16.8 Å². The van der Waals surface area contributed by atoms with E-state index in [0.717, 1.165) is 38.8 Å². The Morgan fingerprint density at radius 2 is 1.82 bits per heavy atom. The Balaban J connectivity index is 1.92. The van der Waals surface area contributed by atoms with Crippen LogP contribution in [-0.2, 0) is 4.79 Å². The maximum absolute atomic E-state index is 12.5. The van der Waals surface area contributed by atoms with Crippen LogP contribution in [0.15, 0.2) is 0 Å². The first-order chi connectivity index (χ1) is 8.03. The molecule has 0 radical (unpaired) electrons. The Hall–Kier alpha value is -0.640. The van der Waals surface area contributed by atoms with E-state index in [1.54, 1.807) is 0 Å². The lowest BCUT2D eigenvalue weighted by Gasteiger charge is -2.36. The smallest absolute Gasteiger partial charge is 0.228 e. The summed E-state index contributed by atoms with van der Waals surface area (Å²) in [5.74, 6) is 0.696. The molecule has 1 saturated heterocycles. The van der Waals surface area contributed by atoms with Crippen molar-refractivity contribution in [2.75, 3.05) is 13.1 Å². The molecule has 17 heavy (non-hydrogen) atoms. The molecule has 0 aromatic carbocycles. The van der Waals surface area contributed by atoms with Gasteiger partial charge in [-0.1, -0.05) is 32.0 Å². The summed E-state index contributed by atoms with van der Waals surface area (Å²) in [6.45, 7) is 3.79. The van der Waals surface area contributed by atoms with Crippen molar-refractivity contribution in [2.45, 2.75) is 45.4 Å². The van der Waals surface area contributed by atoms with Gasteiger partial charge in [-0.2, -0.15) is 0 Å². The molecule has 0 unspecified atom stereocenters. The summed E-state index contributed by atoms with van der Waals surface area (Å²) >= 11 is 5.02.